The number of hydrogen-bond acceptors (Lipinski definition) is 3. The smallest absolute Gasteiger partial charge is 0.147 e. The molecule has 0 bridgehead atoms. The number of hydrogen-bond donors (Lipinski definition) is 0. The van der Waals surface area contributed by atoms with Gasteiger partial charge in [-0.1, -0.05) is 23.2 Å². The summed E-state index contributed by atoms with van der Waals surface area (Å²) < 4.78 is 5.87. The van der Waals surface area contributed by atoms with Crippen molar-refractivity contribution in [2.24, 2.45) is 0 Å². The molecule has 0 saturated carbocycles. The summed E-state index contributed by atoms with van der Waals surface area (Å²) in [6, 6.07) is 0. The van der Waals surface area contributed by atoms with Gasteiger partial charge in [-0.3, -0.25) is 0 Å². The Morgan fingerprint density at radius 3 is 2.36 bits per heavy atom. The molecule has 0 unspecified atom stereocenters. The molecular weight excluding hydrogens is 338 g/mol. The third-order valence-corrected chi connectivity index (χ3v) is 3.70. The van der Waals surface area contributed by atoms with Crippen molar-refractivity contribution in [3.8, 4) is 0 Å². The second-order valence-electron chi connectivity index (χ2n) is 2.48. The van der Waals surface area contributed by atoms with Gasteiger partial charge in [-0.05, 0) is 29.5 Å². The van der Waals surface area contributed by atoms with Crippen LogP contribution in [0.1, 0.15) is 12.7 Å². The van der Waals surface area contributed by atoms with E-state index in [0.717, 1.165) is 0 Å². The molecule has 0 aromatic carbocycles. The van der Waals surface area contributed by atoms with Crippen molar-refractivity contribution in [1.82, 2.24) is 9.97 Å². The number of rotatable bonds is 4. The Hall–Kier alpha value is 0.350. The van der Waals surface area contributed by atoms with E-state index in [4.69, 9.17) is 27.9 Å². The van der Waals surface area contributed by atoms with Gasteiger partial charge < -0.3 is 4.74 Å². The highest BCUT2D eigenvalue weighted by atomic mass is 127. The second-order valence-corrected chi connectivity index (χ2v) is 4.28. The maximum Gasteiger partial charge on any atom is 0.147 e. The molecule has 0 saturated heterocycles. The molecule has 0 N–H and O–H groups in total. The molecule has 0 spiro atoms. The summed E-state index contributed by atoms with van der Waals surface area (Å²) in [5.74, 6) is 0.619. The predicted molar refractivity (Wildman–Crippen MR) is 65.0 cm³/mol. The Bertz CT molecular complexity index is 299. The van der Waals surface area contributed by atoms with Crippen LogP contribution in [0.5, 0.6) is 0 Å². The lowest BCUT2D eigenvalue weighted by Gasteiger charge is -2.03. The quantitative estimate of drug-likeness (QED) is 0.477. The van der Waals surface area contributed by atoms with Crippen LogP contribution in [-0.2, 0) is 11.2 Å². The van der Waals surface area contributed by atoms with Gasteiger partial charge in [0.2, 0.25) is 0 Å². The zero-order valence-electron chi connectivity index (χ0n) is 7.56. The average Bonchev–Trinajstić information content (AvgIpc) is 2.14. The van der Waals surface area contributed by atoms with Crippen molar-refractivity contribution in [2.75, 3.05) is 13.2 Å². The minimum absolute atomic E-state index is 0.400. The zero-order valence-corrected chi connectivity index (χ0v) is 11.2. The van der Waals surface area contributed by atoms with Crippen LogP contribution in [0.2, 0.25) is 10.3 Å². The van der Waals surface area contributed by atoms with Gasteiger partial charge in [0.15, 0.2) is 0 Å². The Labute approximate surface area is 106 Å². The van der Waals surface area contributed by atoms with Crippen LogP contribution in [0.25, 0.3) is 0 Å². The van der Waals surface area contributed by atoms with Crippen molar-refractivity contribution in [1.29, 1.82) is 0 Å². The molecule has 78 valence electrons. The molecule has 1 aromatic heterocycles. The topological polar surface area (TPSA) is 35.0 Å². The Morgan fingerprint density at radius 1 is 1.29 bits per heavy atom. The molecule has 0 fully saturated rings. The molecule has 1 aromatic rings. The molecular formula is C8H9Cl2IN2O. The lowest BCUT2D eigenvalue weighted by atomic mass is 10.4. The molecule has 1 rings (SSSR count). The lowest BCUT2D eigenvalue weighted by Crippen LogP contribution is -2.04. The number of nitrogens with zero attached hydrogens (tertiary/aromatic N) is 2. The maximum absolute atomic E-state index is 5.85. The van der Waals surface area contributed by atoms with Crippen molar-refractivity contribution >= 4 is 45.8 Å². The molecule has 0 aliphatic rings. The van der Waals surface area contributed by atoms with Crippen LogP contribution in [-0.4, -0.2) is 23.2 Å². The van der Waals surface area contributed by atoms with E-state index in [1.54, 1.807) is 0 Å². The van der Waals surface area contributed by atoms with Crippen LogP contribution in [0.4, 0.5) is 0 Å². The lowest BCUT2D eigenvalue weighted by molar-refractivity contribution is 0.149. The van der Waals surface area contributed by atoms with Crippen molar-refractivity contribution in [2.45, 2.75) is 13.3 Å². The summed E-state index contributed by atoms with van der Waals surface area (Å²) in [4.78, 5) is 8.18. The minimum atomic E-state index is 0.400. The predicted octanol–water partition coefficient (Wildman–Crippen LogP) is 2.97. The molecule has 0 radical (unpaired) electrons. The summed E-state index contributed by atoms with van der Waals surface area (Å²) in [6.45, 7) is 3.21. The molecule has 14 heavy (non-hydrogen) atoms. The Balaban J connectivity index is 2.69. The van der Waals surface area contributed by atoms with Crippen LogP contribution in [0, 0.1) is 3.57 Å². The summed E-state index contributed by atoms with van der Waals surface area (Å²) in [5.41, 5.74) is 0. The van der Waals surface area contributed by atoms with Gasteiger partial charge in [0.05, 0.1) is 10.2 Å². The van der Waals surface area contributed by atoms with E-state index in [1.807, 2.05) is 29.5 Å². The average molecular weight is 347 g/mol. The first-order valence-electron chi connectivity index (χ1n) is 4.10. The minimum Gasteiger partial charge on any atom is -0.381 e. The fourth-order valence-corrected chi connectivity index (χ4v) is 1.52. The normalized spacial score (nSPS) is 10.6. The zero-order chi connectivity index (χ0) is 10.6. The summed E-state index contributed by atoms with van der Waals surface area (Å²) in [5, 5.41) is 0.800. The number of halogens is 3. The first-order valence-corrected chi connectivity index (χ1v) is 5.93. The van der Waals surface area contributed by atoms with Crippen LogP contribution < -0.4 is 0 Å². The van der Waals surface area contributed by atoms with Crippen LogP contribution >= 0.6 is 45.8 Å². The first-order chi connectivity index (χ1) is 6.65. The first kappa shape index (κ1) is 12.4. The Kier molecular flexibility index (Phi) is 5.36. The third-order valence-electron chi connectivity index (χ3n) is 1.49. The van der Waals surface area contributed by atoms with Gasteiger partial charge in [0, 0.05) is 13.0 Å². The van der Waals surface area contributed by atoms with Crippen molar-refractivity contribution in [3.63, 3.8) is 0 Å². The highest BCUT2D eigenvalue weighted by molar-refractivity contribution is 14.1. The van der Waals surface area contributed by atoms with Crippen LogP contribution in [0.15, 0.2) is 0 Å². The molecule has 0 atom stereocenters. The summed E-state index contributed by atoms with van der Waals surface area (Å²) >= 11 is 13.7. The molecule has 6 heteroatoms. The molecule has 3 nitrogen and oxygen atoms in total. The van der Waals surface area contributed by atoms with Gasteiger partial charge in [-0.25, -0.2) is 9.97 Å². The van der Waals surface area contributed by atoms with Gasteiger partial charge in [0.25, 0.3) is 0 Å². The fourth-order valence-electron chi connectivity index (χ4n) is 0.854. The van der Waals surface area contributed by atoms with E-state index in [1.165, 1.54) is 0 Å². The molecule has 0 aliphatic heterocycles. The van der Waals surface area contributed by atoms with E-state index >= 15 is 0 Å². The maximum atomic E-state index is 5.85. The van der Waals surface area contributed by atoms with Crippen molar-refractivity contribution in [3.05, 3.63) is 19.7 Å². The van der Waals surface area contributed by atoms with Gasteiger partial charge in [-0.2, -0.15) is 0 Å². The number of aromatic nitrogens is 2. The highest BCUT2D eigenvalue weighted by Gasteiger charge is 2.08. The van der Waals surface area contributed by atoms with Gasteiger partial charge >= 0.3 is 0 Å². The standard InChI is InChI=1S/C8H9Cl2IN2O/c1-2-14-4-3-5-12-7(9)6(11)8(10)13-5/h2-4H2,1H3. The summed E-state index contributed by atoms with van der Waals surface area (Å²) in [7, 11) is 0. The van der Waals surface area contributed by atoms with Gasteiger partial charge in [0.1, 0.15) is 16.1 Å². The SMILES string of the molecule is CCOCCc1nc(Cl)c(I)c(Cl)n1. The molecule has 0 aliphatic carbocycles. The third kappa shape index (κ3) is 3.49. The van der Waals surface area contributed by atoms with E-state index in [2.05, 4.69) is 9.97 Å². The van der Waals surface area contributed by atoms with E-state index in [0.29, 0.717) is 39.3 Å². The van der Waals surface area contributed by atoms with Crippen molar-refractivity contribution < 1.29 is 4.74 Å². The summed E-state index contributed by atoms with van der Waals surface area (Å²) in [6.07, 6.45) is 0.629. The van der Waals surface area contributed by atoms with E-state index in [-0.39, 0.29) is 0 Å². The fraction of sp³-hybridized carbons (Fsp3) is 0.500. The van der Waals surface area contributed by atoms with E-state index < -0.39 is 0 Å². The van der Waals surface area contributed by atoms with Gasteiger partial charge in [-0.15, -0.1) is 0 Å². The monoisotopic (exact) mass is 346 g/mol. The Morgan fingerprint density at radius 2 is 1.86 bits per heavy atom. The molecule has 0 amide bonds. The van der Waals surface area contributed by atoms with E-state index in [9.17, 15) is 0 Å². The van der Waals surface area contributed by atoms with Crippen LogP contribution in [0.3, 0.4) is 0 Å². The largest absolute Gasteiger partial charge is 0.381 e. The second kappa shape index (κ2) is 6.05. The highest BCUT2D eigenvalue weighted by Crippen LogP contribution is 2.22. The number of ether oxygens (including phenoxy) is 1. The molecule has 1 heterocycles.